The van der Waals surface area contributed by atoms with Crippen LogP contribution in [0.2, 0.25) is 0 Å². The first kappa shape index (κ1) is 32.0. The molecule has 0 heterocycles. The van der Waals surface area contributed by atoms with Crippen molar-refractivity contribution in [3.63, 3.8) is 0 Å². The molecule has 7 nitrogen and oxygen atoms in total. The number of nitrogens with one attached hydrogen (secondary N) is 2. The molecule has 0 saturated carbocycles. The monoisotopic (exact) mass is 592 g/mol. The first-order valence-corrected chi connectivity index (χ1v) is 15.1. The zero-order valence-corrected chi connectivity index (χ0v) is 25.2. The number of anilines is 1. The summed E-state index contributed by atoms with van der Waals surface area (Å²) >= 11 is 0. The Morgan fingerprint density at radius 1 is 0.727 bits per heavy atom. The third-order valence-electron chi connectivity index (χ3n) is 7.26. The molecule has 0 saturated heterocycles. The topological polar surface area (TPSA) is 93.7 Å². The number of aryl methyl sites for hydroxylation is 1. The van der Waals surface area contributed by atoms with Gasteiger partial charge in [-0.15, -0.1) is 0 Å². The number of methoxy groups -OCH3 is 1. The molecule has 4 rings (SSSR count). The van der Waals surface area contributed by atoms with E-state index in [2.05, 4.69) is 22.8 Å². The fourth-order valence-electron chi connectivity index (χ4n) is 4.87. The second-order valence-corrected chi connectivity index (χ2v) is 10.6. The summed E-state index contributed by atoms with van der Waals surface area (Å²) in [5.41, 5.74) is 3.83. The summed E-state index contributed by atoms with van der Waals surface area (Å²) in [7, 11) is 1.35. The number of hydrogen-bond donors (Lipinski definition) is 2. The normalized spacial score (nSPS) is 11.3. The zero-order valence-electron chi connectivity index (χ0n) is 25.2. The molecule has 4 aromatic carbocycles. The van der Waals surface area contributed by atoms with E-state index in [1.165, 1.54) is 12.7 Å². The highest BCUT2D eigenvalue weighted by atomic mass is 16.5. The average molecular weight is 593 g/mol. The Hall–Kier alpha value is -4.91. The van der Waals surface area contributed by atoms with Crippen molar-refractivity contribution < 1.29 is 23.9 Å². The third-order valence-corrected chi connectivity index (χ3v) is 7.26. The van der Waals surface area contributed by atoms with Gasteiger partial charge in [-0.3, -0.25) is 9.59 Å². The number of rotatable bonds is 17. The Morgan fingerprint density at radius 2 is 1.41 bits per heavy atom. The van der Waals surface area contributed by atoms with E-state index in [-0.39, 0.29) is 11.7 Å². The second kappa shape index (κ2) is 17.3. The van der Waals surface area contributed by atoms with Crippen LogP contribution >= 0.6 is 0 Å². The number of benzene rings is 4. The van der Waals surface area contributed by atoms with Crippen LogP contribution < -0.4 is 15.4 Å². The Kier molecular flexibility index (Phi) is 12.6. The van der Waals surface area contributed by atoms with Gasteiger partial charge in [0.25, 0.3) is 0 Å². The molecule has 0 aromatic heterocycles. The molecule has 0 fully saturated rings. The zero-order chi connectivity index (χ0) is 31.0. The second-order valence-electron chi connectivity index (χ2n) is 10.6. The molecule has 0 spiro atoms. The van der Waals surface area contributed by atoms with Crippen molar-refractivity contribution >= 4 is 23.3 Å². The lowest BCUT2D eigenvalue weighted by Gasteiger charge is -2.20. The first-order chi connectivity index (χ1) is 21.5. The van der Waals surface area contributed by atoms with E-state index < -0.39 is 12.0 Å². The van der Waals surface area contributed by atoms with Gasteiger partial charge in [-0.1, -0.05) is 84.9 Å². The van der Waals surface area contributed by atoms with Crippen molar-refractivity contribution in [1.29, 1.82) is 0 Å². The van der Waals surface area contributed by atoms with Gasteiger partial charge >= 0.3 is 5.97 Å². The molecular formula is C37H40N2O5. The van der Waals surface area contributed by atoms with Gasteiger partial charge in [-0.25, -0.2) is 4.79 Å². The van der Waals surface area contributed by atoms with Crippen molar-refractivity contribution in [2.45, 2.75) is 44.6 Å². The SMILES string of the molecule is COC(=O)[C@H](Cc1ccc(OCCCNC(=O)CCCCc2ccccc2)cc1)Nc1ccccc1C(=O)c1ccccc1. The number of esters is 1. The largest absolute Gasteiger partial charge is 0.494 e. The molecular weight excluding hydrogens is 552 g/mol. The van der Waals surface area contributed by atoms with Crippen LogP contribution in [0.15, 0.2) is 109 Å². The number of ketones is 1. The fourth-order valence-corrected chi connectivity index (χ4v) is 4.87. The van der Waals surface area contributed by atoms with Crippen LogP contribution in [0.4, 0.5) is 5.69 Å². The minimum absolute atomic E-state index is 0.0724. The number of para-hydroxylation sites is 1. The van der Waals surface area contributed by atoms with Crippen molar-refractivity contribution in [3.8, 4) is 5.75 Å². The maximum absolute atomic E-state index is 13.2. The Morgan fingerprint density at radius 3 is 2.14 bits per heavy atom. The van der Waals surface area contributed by atoms with E-state index >= 15 is 0 Å². The van der Waals surface area contributed by atoms with Crippen molar-refractivity contribution in [2.75, 3.05) is 25.6 Å². The first-order valence-electron chi connectivity index (χ1n) is 15.1. The van der Waals surface area contributed by atoms with E-state index in [0.717, 1.165) is 24.8 Å². The van der Waals surface area contributed by atoms with E-state index in [9.17, 15) is 14.4 Å². The van der Waals surface area contributed by atoms with Crippen LogP contribution in [-0.4, -0.2) is 44.0 Å². The van der Waals surface area contributed by atoms with Crippen LogP contribution in [0.3, 0.4) is 0 Å². The molecule has 7 heteroatoms. The summed E-state index contributed by atoms with van der Waals surface area (Å²) in [6.07, 6.45) is 4.45. The molecule has 1 atom stereocenters. The number of carbonyl (C=O) groups is 3. The highest BCUT2D eigenvalue weighted by molar-refractivity contribution is 6.12. The quantitative estimate of drug-likeness (QED) is 0.0836. The van der Waals surface area contributed by atoms with Crippen molar-refractivity contribution in [1.82, 2.24) is 5.32 Å². The van der Waals surface area contributed by atoms with Crippen LogP contribution in [0, 0.1) is 0 Å². The summed E-state index contributed by atoms with van der Waals surface area (Å²) in [6.45, 7) is 1.04. The molecule has 2 N–H and O–H groups in total. The smallest absolute Gasteiger partial charge is 0.328 e. The lowest BCUT2D eigenvalue weighted by Crippen LogP contribution is -2.33. The van der Waals surface area contributed by atoms with E-state index in [4.69, 9.17) is 9.47 Å². The van der Waals surface area contributed by atoms with Gasteiger partial charge in [0.05, 0.1) is 13.7 Å². The molecule has 1 amide bonds. The summed E-state index contributed by atoms with van der Waals surface area (Å²) in [4.78, 5) is 38.0. The standard InChI is InChI=1S/C37H40N2O5/c1-43-37(42)34(39-33-19-10-9-18-32(33)36(41)30-16-6-3-7-17-30)27-29-21-23-31(24-22-29)44-26-12-25-38-35(40)20-11-8-15-28-13-4-2-5-14-28/h2-7,9-10,13-14,16-19,21-24,34,39H,8,11-12,15,20,25-27H2,1H3,(H,38,40)/t34-/m0/s1. The van der Waals surface area contributed by atoms with Gasteiger partial charge in [0.2, 0.25) is 5.91 Å². The molecule has 4 aromatic rings. The summed E-state index contributed by atoms with van der Waals surface area (Å²) in [5.74, 6) is 0.230. The predicted octanol–water partition coefficient (Wildman–Crippen LogP) is 6.41. The Balaban J connectivity index is 1.21. The van der Waals surface area contributed by atoms with Crippen LogP contribution in [-0.2, 0) is 27.2 Å². The van der Waals surface area contributed by atoms with Crippen LogP contribution in [0.1, 0.15) is 52.7 Å². The van der Waals surface area contributed by atoms with Gasteiger partial charge in [-0.05, 0) is 61.1 Å². The van der Waals surface area contributed by atoms with Crippen LogP contribution in [0.5, 0.6) is 5.75 Å². The number of unbranched alkanes of at least 4 members (excludes halogenated alkanes) is 1. The molecule has 44 heavy (non-hydrogen) atoms. The number of amides is 1. The maximum atomic E-state index is 13.2. The van der Waals surface area contributed by atoms with Gasteiger partial charge < -0.3 is 20.1 Å². The van der Waals surface area contributed by atoms with E-state index in [1.807, 2.05) is 66.7 Å². The molecule has 0 radical (unpaired) electrons. The molecule has 0 unspecified atom stereocenters. The predicted molar refractivity (Wildman–Crippen MR) is 173 cm³/mol. The van der Waals surface area contributed by atoms with Gasteiger partial charge in [-0.2, -0.15) is 0 Å². The Bertz CT molecular complexity index is 1470. The molecule has 0 aliphatic rings. The Labute approximate surface area is 259 Å². The maximum Gasteiger partial charge on any atom is 0.328 e. The highest BCUT2D eigenvalue weighted by Gasteiger charge is 2.22. The molecule has 228 valence electrons. The van der Waals surface area contributed by atoms with Crippen LogP contribution in [0.25, 0.3) is 0 Å². The van der Waals surface area contributed by atoms with Gasteiger partial charge in [0.15, 0.2) is 5.78 Å². The highest BCUT2D eigenvalue weighted by Crippen LogP contribution is 2.22. The van der Waals surface area contributed by atoms with Gasteiger partial charge in [0.1, 0.15) is 11.8 Å². The number of hydrogen-bond acceptors (Lipinski definition) is 6. The molecule has 0 aliphatic carbocycles. The average Bonchev–Trinajstić information content (AvgIpc) is 3.07. The van der Waals surface area contributed by atoms with Gasteiger partial charge in [0, 0.05) is 36.2 Å². The summed E-state index contributed by atoms with van der Waals surface area (Å²) in [6, 6.07) is 33.4. The minimum Gasteiger partial charge on any atom is -0.494 e. The van der Waals surface area contributed by atoms with E-state index in [1.54, 1.807) is 30.3 Å². The third kappa shape index (κ3) is 10.1. The molecule has 0 aliphatic heterocycles. The molecule has 0 bridgehead atoms. The fraction of sp³-hybridized carbons (Fsp3) is 0.270. The lowest BCUT2D eigenvalue weighted by atomic mass is 10.00. The summed E-state index contributed by atoms with van der Waals surface area (Å²) < 4.78 is 10.9. The lowest BCUT2D eigenvalue weighted by molar-refractivity contribution is -0.141. The number of ether oxygens (including phenoxy) is 2. The summed E-state index contributed by atoms with van der Waals surface area (Å²) in [5, 5.41) is 6.20. The van der Waals surface area contributed by atoms with Crippen molar-refractivity contribution in [2.24, 2.45) is 0 Å². The number of carbonyl (C=O) groups excluding carboxylic acids is 3. The van der Waals surface area contributed by atoms with Crippen molar-refractivity contribution in [3.05, 3.63) is 131 Å². The minimum atomic E-state index is -0.696. The van der Waals surface area contributed by atoms with E-state index in [0.29, 0.717) is 55.0 Å².